The van der Waals surface area contributed by atoms with Gasteiger partial charge in [0.05, 0.1) is 5.56 Å². The molecule has 2 aliphatic rings. The SMILES string of the molecule is Cn1c(CCCCN2CC3CC3(c3ccc(C(F)(F)F)cn3)C2)nnc1-c1ccccc1. The molecule has 5 rings (SSSR count). The number of piperidine rings is 1. The van der Waals surface area contributed by atoms with E-state index in [1.54, 1.807) is 6.07 Å². The van der Waals surface area contributed by atoms with Crippen LogP contribution in [0.2, 0.25) is 0 Å². The van der Waals surface area contributed by atoms with Crippen molar-refractivity contribution in [2.45, 2.75) is 37.3 Å². The summed E-state index contributed by atoms with van der Waals surface area (Å²) in [7, 11) is 2.01. The van der Waals surface area contributed by atoms with Gasteiger partial charge in [-0.1, -0.05) is 30.3 Å². The van der Waals surface area contributed by atoms with Gasteiger partial charge in [0.25, 0.3) is 0 Å². The summed E-state index contributed by atoms with van der Waals surface area (Å²) in [5.41, 5.74) is 1.15. The van der Waals surface area contributed by atoms with Crippen LogP contribution < -0.4 is 0 Å². The van der Waals surface area contributed by atoms with E-state index in [1.807, 2.05) is 37.4 Å². The highest BCUT2D eigenvalue weighted by Gasteiger charge is 2.61. The molecule has 2 aromatic heterocycles. The Morgan fingerprint density at radius 1 is 1.06 bits per heavy atom. The van der Waals surface area contributed by atoms with Gasteiger partial charge in [0, 0.05) is 49.4 Å². The van der Waals surface area contributed by atoms with Gasteiger partial charge in [-0.05, 0) is 43.9 Å². The Bertz CT molecular complexity index is 1080. The fraction of sp³-hybridized carbons (Fsp3) is 0.458. The van der Waals surface area contributed by atoms with Gasteiger partial charge >= 0.3 is 6.18 Å². The lowest BCUT2D eigenvalue weighted by Gasteiger charge is -2.20. The van der Waals surface area contributed by atoms with Crippen LogP contribution in [0, 0.1) is 5.92 Å². The van der Waals surface area contributed by atoms with Crippen molar-refractivity contribution in [3.63, 3.8) is 0 Å². The van der Waals surface area contributed by atoms with Crippen LogP contribution >= 0.6 is 0 Å². The third-order valence-corrected chi connectivity index (χ3v) is 6.94. The lowest BCUT2D eigenvalue weighted by Crippen LogP contribution is -2.28. The van der Waals surface area contributed by atoms with Gasteiger partial charge in [0.2, 0.25) is 0 Å². The first-order valence-corrected chi connectivity index (χ1v) is 11.1. The molecule has 0 N–H and O–H groups in total. The Hall–Kier alpha value is -2.74. The second kappa shape index (κ2) is 7.99. The number of unbranched alkanes of at least 4 members (excludes halogenated alkanes) is 1. The second-order valence-corrected chi connectivity index (χ2v) is 9.04. The number of hydrogen-bond donors (Lipinski definition) is 0. The average Bonchev–Trinajstić information content (AvgIpc) is 3.16. The van der Waals surface area contributed by atoms with Crippen LogP contribution in [0.15, 0.2) is 48.7 Å². The standard InChI is InChI=1S/C24H26F3N5/c1-31-21(29-30-22(31)17-7-3-2-4-8-17)9-5-6-12-32-15-19-13-23(19,16-32)20-11-10-18(14-28-20)24(25,26)27/h2-4,7-8,10-11,14,19H,5-6,9,12-13,15-16H2,1H3. The highest BCUT2D eigenvalue weighted by molar-refractivity contribution is 5.54. The quantitative estimate of drug-likeness (QED) is 0.507. The average molecular weight is 442 g/mol. The number of hydrogen-bond acceptors (Lipinski definition) is 4. The van der Waals surface area contributed by atoms with Gasteiger partial charge in [0.1, 0.15) is 5.82 Å². The third kappa shape index (κ3) is 3.92. The van der Waals surface area contributed by atoms with Crippen molar-refractivity contribution < 1.29 is 13.2 Å². The minimum Gasteiger partial charge on any atom is -0.314 e. The summed E-state index contributed by atoms with van der Waals surface area (Å²) in [4.78, 5) is 6.61. The molecule has 1 aliphatic carbocycles. The highest BCUT2D eigenvalue weighted by atomic mass is 19.4. The van der Waals surface area contributed by atoms with Crippen LogP contribution in [0.5, 0.6) is 0 Å². The van der Waals surface area contributed by atoms with Gasteiger partial charge in [-0.25, -0.2) is 0 Å². The summed E-state index contributed by atoms with van der Waals surface area (Å²) in [6.45, 7) is 2.88. The second-order valence-electron chi connectivity index (χ2n) is 9.04. The van der Waals surface area contributed by atoms with Crippen LogP contribution in [0.3, 0.4) is 0 Å². The number of alkyl halides is 3. The Morgan fingerprint density at radius 2 is 1.88 bits per heavy atom. The molecule has 32 heavy (non-hydrogen) atoms. The van der Waals surface area contributed by atoms with Gasteiger partial charge in [-0.3, -0.25) is 4.98 Å². The molecule has 5 nitrogen and oxygen atoms in total. The minimum absolute atomic E-state index is 0.0433. The lowest BCUT2D eigenvalue weighted by molar-refractivity contribution is -0.137. The summed E-state index contributed by atoms with van der Waals surface area (Å²) < 4.78 is 40.5. The molecule has 0 radical (unpaired) electrons. The van der Waals surface area contributed by atoms with Crippen molar-refractivity contribution in [2.75, 3.05) is 19.6 Å². The van der Waals surface area contributed by atoms with E-state index in [4.69, 9.17) is 0 Å². The van der Waals surface area contributed by atoms with Crippen LogP contribution in [0.25, 0.3) is 11.4 Å². The number of likely N-dealkylation sites (tertiary alicyclic amines) is 1. The maximum absolute atomic E-state index is 12.8. The lowest BCUT2D eigenvalue weighted by atomic mass is 10.00. The summed E-state index contributed by atoms with van der Waals surface area (Å²) in [6, 6.07) is 12.8. The first-order valence-electron chi connectivity index (χ1n) is 11.1. The number of aromatic nitrogens is 4. The van der Waals surface area contributed by atoms with Crippen molar-refractivity contribution in [1.82, 2.24) is 24.6 Å². The van der Waals surface area contributed by atoms with Crippen molar-refractivity contribution >= 4 is 0 Å². The number of fused-ring (bicyclic) bond motifs is 1. The van der Waals surface area contributed by atoms with E-state index < -0.39 is 11.7 Å². The van der Waals surface area contributed by atoms with Crippen molar-refractivity contribution in [1.29, 1.82) is 0 Å². The van der Waals surface area contributed by atoms with E-state index in [9.17, 15) is 13.2 Å². The largest absolute Gasteiger partial charge is 0.417 e. The van der Waals surface area contributed by atoms with E-state index in [0.717, 1.165) is 74.4 Å². The molecular weight excluding hydrogens is 415 g/mol. The molecule has 0 amide bonds. The zero-order chi connectivity index (χ0) is 22.3. The molecule has 2 atom stereocenters. The van der Waals surface area contributed by atoms with E-state index in [1.165, 1.54) is 6.07 Å². The van der Waals surface area contributed by atoms with Crippen molar-refractivity contribution in [3.8, 4) is 11.4 Å². The zero-order valence-electron chi connectivity index (χ0n) is 18.0. The molecule has 3 heterocycles. The Kier molecular flexibility index (Phi) is 5.28. The van der Waals surface area contributed by atoms with E-state index in [-0.39, 0.29) is 5.41 Å². The topological polar surface area (TPSA) is 46.8 Å². The number of nitrogens with zero attached hydrogens (tertiary/aromatic N) is 5. The number of rotatable bonds is 7. The monoisotopic (exact) mass is 441 g/mol. The van der Waals surface area contributed by atoms with E-state index >= 15 is 0 Å². The van der Waals surface area contributed by atoms with Gasteiger partial charge in [0.15, 0.2) is 5.82 Å². The minimum atomic E-state index is -4.33. The summed E-state index contributed by atoms with van der Waals surface area (Å²) in [5, 5.41) is 8.71. The normalized spacial score (nSPS) is 22.8. The fourth-order valence-electron chi connectivity index (χ4n) is 5.05. The number of pyridine rings is 1. The van der Waals surface area contributed by atoms with Crippen LogP contribution in [-0.2, 0) is 25.1 Å². The predicted molar refractivity (Wildman–Crippen MR) is 115 cm³/mol. The van der Waals surface area contributed by atoms with Crippen LogP contribution in [0.1, 0.15) is 36.3 Å². The first kappa shape index (κ1) is 21.1. The summed E-state index contributed by atoms with van der Waals surface area (Å²) in [6.07, 6.45) is 0.623. The summed E-state index contributed by atoms with van der Waals surface area (Å²) >= 11 is 0. The molecule has 168 valence electrons. The highest BCUT2D eigenvalue weighted by Crippen LogP contribution is 2.58. The van der Waals surface area contributed by atoms with Crippen LogP contribution in [0.4, 0.5) is 13.2 Å². The van der Waals surface area contributed by atoms with E-state index in [2.05, 4.69) is 24.6 Å². The zero-order valence-corrected chi connectivity index (χ0v) is 18.0. The smallest absolute Gasteiger partial charge is 0.314 e. The molecule has 1 saturated carbocycles. The Labute approximate surface area is 185 Å². The van der Waals surface area contributed by atoms with E-state index in [0.29, 0.717) is 5.92 Å². The predicted octanol–water partition coefficient (Wildman–Crippen LogP) is 4.49. The fourth-order valence-corrected chi connectivity index (χ4v) is 5.05. The molecule has 3 aromatic rings. The van der Waals surface area contributed by atoms with Crippen molar-refractivity contribution in [3.05, 3.63) is 65.7 Å². The third-order valence-electron chi connectivity index (χ3n) is 6.94. The number of benzene rings is 1. The summed E-state index contributed by atoms with van der Waals surface area (Å²) in [5.74, 6) is 2.38. The molecule has 8 heteroatoms. The van der Waals surface area contributed by atoms with Gasteiger partial charge in [-0.2, -0.15) is 13.2 Å². The van der Waals surface area contributed by atoms with Gasteiger partial charge < -0.3 is 9.47 Å². The molecule has 2 fully saturated rings. The molecule has 1 saturated heterocycles. The van der Waals surface area contributed by atoms with Crippen molar-refractivity contribution in [2.24, 2.45) is 13.0 Å². The maximum atomic E-state index is 12.8. The molecule has 2 unspecified atom stereocenters. The Balaban J connectivity index is 1.12. The first-order chi connectivity index (χ1) is 15.4. The van der Waals surface area contributed by atoms with Crippen LogP contribution in [-0.4, -0.2) is 44.3 Å². The molecule has 1 aromatic carbocycles. The van der Waals surface area contributed by atoms with Gasteiger partial charge in [-0.15, -0.1) is 10.2 Å². The number of aryl methyl sites for hydroxylation is 1. The molecule has 0 spiro atoms. The maximum Gasteiger partial charge on any atom is 0.417 e. The molecular formula is C24H26F3N5. The molecule has 1 aliphatic heterocycles. The Morgan fingerprint density at radius 3 is 2.59 bits per heavy atom. The molecule has 0 bridgehead atoms. The number of halogens is 3.